The number of rotatable bonds is 4. The van der Waals surface area contributed by atoms with Crippen molar-refractivity contribution in [1.29, 1.82) is 0 Å². The Morgan fingerprint density at radius 1 is 0.900 bits per heavy atom. The van der Waals surface area contributed by atoms with Crippen LogP contribution in [0.1, 0.15) is 27.7 Å². The second kappa shape index (κ2) is 8.23. The minimum atomic E-state index is 0. The Morgan fingerprint density at radius 3 is 1.40 bits per heavy atom. The van der Waals surface area contributed by atoms with Gasteiger partial charge in [0.2, 0.25) is 0 Å². The van der Waals surface area contributed by atoms with Crippen molar-refractivity contribution in [2.45, 2.75) is 38.3 Å². The molecule has 0 aliphatic rings. The van der Waals surface area contributed by atoms with Crippen LogP contribution in [-0.4, -0.2) is 15.2 Å². The summed E-state index contributed by atoms with van der Waals surface area (Å²) in [6, 6.07) is 0. The van der Waals surface area contributed by atoms with Crippen LogP contribution in [0.5, 0.6) is 0 Å². The molecule has 0 fully saturated rings. The van der Waals surface area contributed by atoms with E-state index in [9.17, 15) is 0 Å². The molecule has 0 amide bonds. The molecule has 0 atom stereocenters. The van der Waals surface area contributed by atoms with E-state index in [1.54, 1.807) is 0 Å². The standard InChI is InChI=1S/2C4H9.Al.Li/c2*1-4(2)3;;/h2*4H,1H2,2-3H3;;/q;;-1;+1. The molecule has 0 aromatic rings. The Hall–Kier alpha value is 1.13. The molecule has 0 heterocycles. The monoisotopic (exact) mass is 148 g/mol. The molecule has 2 heteroatoms. The maximum atomic E-state index is 2.31. The van der Waals surface area contributed by atoms with E-state index < -0.39 is 0 Å². The van der Waals surface area contributed by atoms with Crippen LogP contribution in [-0.2, 0) is 0 Å². The van der Waals surface area contributed by atoms with E-state index in [2.05, 4.69) is 27.7 Å². The van der Waals surface area contributed by atoms with E-state index >= 15 is 0 Å². The summed E-state index contributed by atoms with van der Waals surface area (Å²) in [5.74, 6) is 1.86. The van der Waals surface area contributed by atoms with Crippen molar-refractivity contribution in [3.05, 3.63) is 0 Å². The van der Waals surface area contributed by atoms with Gasteiger partial charge in [0, 0.05) is 0 Å². The van der Waals surface area contributed by atoms with Gasteiger partial charge in [0.05, 0.1) is 0 Å². The molecule has 0 spiro atoms. The Labute approximate surface area is 84.0 Å². The van der Waals surface area contributed by atoms with Gasteiger partial charge in [-0.05, 0) is 0 Å². The first kappa shape index (κ1) is 13.7. The Balaban J connectivity index is 0. The van der Waals surface area contributed by atoms with Gasteiger partial charge < -0.3 is 0 Å². The molecule has 0 rings (SSSR count). The molecule has 0 saturated heterocycles. The van der Waals surface area contributed by atoms with Gasteiger partial charge in [-0.1, -0.05) is 39.5 Å². The SMILES string of the molecule is CC(C)[CH2][Al-][CH2]C(C)C.[Li+]. The largest absolute Gasteiger partial charge is 1.00 e. The van der Waals surface area contributed by atoms with Crippen molar-refractivity contribution in [2.75, 3.05) is 0 Å². The van der Waals surface area contributed by atoms with Crippen LogP contribution >= 0.6 is 0 Å². The van der Waals surface area contributed by atoms with Gasteiger partial charge in [0.25, 0.3) is 0 Å². The molecule has 0 aromatic heterocycles. The van der Waals surface area contributed by atoms with Crippen molar-refractivity contribution < 1.29 is 18.9 Å². The zero-order valence-corrected chi connectivity index (χ0v) is 9.30. The van der Waals surface area contributed by atoms with Crippen LogP contribution < -0.4 is 18.9 Å². The summed E-state index contributed by atoms with van der Waals surface area (Å²) in [6.07, 6.45) is 0. The molecule has 54 valence electrons. The quantitative estimate of drug-likeness (QED) is 0.486. The maximum Gasteiger partial charge on any atom is 1.00 e. The molecule has 0 N–H and O–H groups in total. The summed E-state index contributed by atoms with van der Waals surface area (Å²) in [6.45, 7) is 9.25. The Kier molecular flexibility index (Phi) is 11.3. The van der Waals surface area contributed by atoms with Crippen LogP contribution in [0.15, 0.2) is 0 Å². The molecular formula is C8H18AlLi. The zero-order valence-electron chi connectivity index (χ0n) is 8.15. The normalized spacial score (nSPS) is 10.2. The molecule has 10 heavy (non-hydrogen) atoms. The third kappa shape index (κ3) is 11.9. The van der Waals surface area contributed by atoms with Gasteiger partial charge >= 0.3 is 18.9 Å². The van der Waals surface area contributed by atoms with E-state index in [-0.39, 0.29) is 18.9 Å². The fraction of sp³-hybridized carbons (Fsp3) is 1.00. The smallest absolute Gasteiger partial charge is 0.258 e. The predicted molar refractivity (Wildman–Crippen MR) is 45.0 cm³/mol. The van der Waals surface area contributed by atoms with Crippen LogP contribution in [0.3, 0.4) is 0 Å². The van der Waals surface area contributed by atoms with E-state index in [0.717, 1.165) is 27.1 Å². The molecule has 0 aliphatic carbocycles. The minimum Gasteiger partial charge on any atom is -0.258 e. The van der Waals surface area contributed by atoms with Gasteiger partial charge in [-0.2, -0.15) is 0 Å². The van der Waals surface area contributed by atoms with Crippen molar-refractivity contribution in [2.24, 2.45) is 11.8 Å². The zero-order chi connectivity index (χ0) is 7.28. The Morgan fingerprint density at radius 2 is 1.20 bits per heavy atom. The van der Waals surface area contributed by atoms with Gasteiger partial charge in [-0.25, -0.2) is 0 Å². The first-order valence-electron chi connectivity index (χ1n) is 3.94. The van der Waals surface area contributed by atoms with Crippen molar-refractivity contribution in [1.82, 2.24) is 0 Å². The average molecular weight is 148 g/mol. The fourth-order valence-corrected chi connectivity index (χ4v) is 2.29. The third-order valence-electron chi connectivity index (χ3n) is 1.28. The average Bonchev–Trinajstić information content (AvgIpc) is 1.63. The fourth-order valence-electron chi connectivity index (χ4n) is 0.763. The van der Waals surface area contributed by atoms with E-state index in [1.807, 2.05) is 0 Å². The van der Waals surface area contributed by atoms with Crippen LogP contribution in [0.25, 0.3) is 0 Å². The molecule has 0 aliphatic heterocycles. The minimum absolute atomic E-state index is 0. The van der Waals surface area contributed by atoms with Gasteiger partial charge in [-0.15, -0.1) is 0 Å². The van der Waals surface area contributed by atoms with E-state index in [0.29, 0.717) is 0 Å². The van der Waals surface area contributed by atoms with E-state index in [4.69, 9.17) is 0 Å². The summed E-state index contributed by atoms with van der Waals surface area (Å²) in [7, 11) is 0. The van der Waals surface area contributed by atoms with Gasteiger partial charge in [-0.3, -0.25) is 25.8 Å². The summed E-state index contributed by atoms with van der Waals surface area (Å²) in [4.78, 5) is 0. The molecule has 0 bridgehead atoms. The molecule has 2 radical (unpaired) electrons. The number of hydrogen-bond acceptors (Lipinski definition) is 0. The third-order valence-corrected chi connectivity index (χ3v) is 3.83. The second-order valence-electron chi connectivity index (χ2n) is 3.55. The maximum absolute atomic E-state index is 2.31. The molecule has 0 aromatic carbocycles. The van der Waals surface area contributed by atoms with Gasteiger partial charge in [0.1, 0.15) is 0 Å². The van der Waals surface area contributed by atoms with E-state index in [1.165, 1.54) is 10.6 Å². The van der Waals surface area contributed by atoms with Crippen molar-refractivity contribution >= 4 is 15.2 Å². The summed E-state index contributed by atoms with van der Waals surface area (Å²) < 4.78 is 0. The molecule has 0 saturated carbocycles. The molecular weight excluding hydrogens is 130 g/mol. The predicted octanol–water partition coefficient (Wildman–Crippen LogP) is -0.157. The summed E-state index contributed by atoms with van der Waals surface area (Å²) in [5.41, 5.74) is 0. The first-order valence-corrected chi connectivity index (χ1v) is 5.58. The van der Waals surface area contributed by atoms with Gasteiger partial charge in [0.15, 0.2) is 0 Å². The number of hydrogen-bond donors (Lipinski definition) is 0. The topological polar surface area (TPSA) is 0 Å². The summed E-state index contributed by atoms with van der Waals surface area (Å²) in [5, 5.41) is 2.97. The van der Waals surface area contributed by atoms with Crippen LogP contribution in [0.2, 0.25) is 10.6 Å². The second-order valence-corrected chi connectivity index (χ2v) is 5.07. The first-order chi connectivity index (χ1) is 4.13. The molecule has 0 unspecified atom stereocenters. The molecule has 0 nitrogen and oxygen atoms in total. The van der Waals surface area contributed by atoms with Crippen molar-refractivity contribution in [3.63, 3.8) is 0 Å². The van der Waals surface area contributed by atoms with Crippen LogP contribution in [0, 0.1) is 11.8 Å². The van der Waals surface area contributed by atoms with Crippen LogP contribution in [0.4, 0.5) is 0 Å². The van der Waals surface area contributed by atoms with Crippen molar-refractivity contribution in [3.8, 4) is 0 Å². The Bertz CT molecular complexity index is 54.3. The summed E-state index contributed by atoms with van der Waals surface area (Å²) >= 11 is 0.755.